The van der Waals surface area contributed by atoms with E-state index in [1.165, 1.54) is 0 Å². The summed E-state index contributed by atoms with van der Waals surface area (Å²) in [6.45, 7) is -0.0763. The van der Waals surface area contributed by atoms with E-state index in [-0.39, 0.29) is 12.5 Å². The number of amides is 1. The van der Waals surface area contributed by atoms with Crippen LogP contribution in [-0.4, -0.2) is 21.0 Å². The topological polar surface area (TPSA) is 75.1 Å². The summed E-state index contributed by atoms with van der Waals surface area (Å²) in [6.07, 6.45) is 3.43. The number of nitrogens with one attached hydrogen (secondary N) is 1. The van der Waals surface area contributed by atoms with Gasteiger partial charge in [0.2, 0.25) is 0 Å². The van der Waals surface area contributed by atoms with Gasteiger partial charge in [-0.1, -0.05) is 30.3 Å². The van der Waals surface area contributed by atoms with Crippen molar-refractivity contribution < 1.29 is 9.90 Å². The van der Waals surface area contributed by atoms with Crippen molar-refractivity contribution in [1.29, 1.82) is 0 Å². The van der Waals surface area contributed by atoms with Gasteiger partial charge in [-0.3, -0.25) is 9.78 Å². The number of hydrogen-bond acceptors (Lipinski definition) is 4. The number of nitrogens with zero attached hydrogens (tertiary/aromatic N) is 2. The smallest absolute Gasteiger partial charge is 0.256 e. The average Bonchev–Trinajstić information content (AvgIpc) is 2.73. The van der Waals surface area contributed by atoms with Gasteiger partial charge in [0.05, 0.1) is 23.4 Å². The molecular weight excluding hydrogens is 338 g/mol. The number of carbonyl (C=O) groups is 1. The molecule has 4 rings (SSSR count). The van der Waals surface area contributed by atoms with Crippen molar-refractivity contribution in [3.63, 3.8) is 0 Å². The number of aromatic nitrogens is 2. The Balaban J connectivity index is 1.78. The number of anilines is 1. The highest BCUT2D eigenvalue weighted by atomic mass is 16.3. The molecule has 0 aliphatic carbocycles. The van der Waals surface area contributed by atoms with E-state index in [1.807, 2.05) is 36.4 Å². The molecule has 0 unspecified atom stereocenters. The molecule has 2 aromatic carbocycles. The Morgan fingerprint density at radius 3 is 2.70 bits per heavy atom. The second kappa shape index (κ2) is 7.35. The Kier molecular flexibility index (Phi) is 4.60. The van der Waals surface area contributed by atoms with Crippen molar-refractivity contribution >= 4 is 22.5 Å². The Labute approximate surface area is 156 Å². The lowest BCUT2D eigenvalue weighted by molar-refractivity contribution is 0.102. The number of hydrogen-bond donors (Lipinski definition) is 2. The quantitative estimate of drug-likeness (QED) is 0.579. The first-order valence-corrected chi connectivity index (χ1v) is 8.56. The summed E-state index contributed by atoms with van der Waals surface area (Å²) in [7, 11) is 0. The highest BCUT2D eigenvalue weighted by Gasteiger charge is 2.14. The molecule has 0 spiro atoms. The van der Waals surface area contributed by atoms with Crippen LogP contribution in [0.1, 0.15) is 15.9 Å². The summed E-state index contributed by atoms with van der Waals surface area (Å²) in [5.74, 6) is -0.228. The molecule has 0 aliphatic heterocycles. The van der Waals surface area contributed by atoms with Crippen molar-refractivity contribution in [2.75, 3.05) is 5.32 Å². The minimum absolute atomic E-state index is 0.0763. The summed E-state index contributed by atoms with van der Waals surface area (Å²) in [5.41, 5.74) is 4.19. The number of fused-ring (bicyclic) bond motifs is 1. The number of para-hydroxylation sites is 1. The third-order valence-corrected chi connectivity index (χ3v) is 4.29. The first-order valence-electron chi connectivity index (χ1n) is 8.56. The molecule has 0 radical (unpaired) electrons. The Hall–Kier alpha value is -3.57. The molecule has 5 heteroatoms. The van der Waals surface area contributed by atoms with E-state index in [4.69, 9.17) is 0 Å². The SMILES string of the molecule is O=C(Nc1cccc(CO)c1)c1cc(-c2cccnc2)nc2ccccc12. The number of aliphatic hydroxyl groups excluding tert-OH is 1. The fourth-order valence-electron chi connectivity index (χ4n) is 2.97. The molecule has 2 aromatic heterocycles. The summed E-state index contributed by atoms with van der Waals surface area (Å²) >= 11 is 0. The van der Waals surface area contributed by atoms with Crippen LogP contribution in [0.25, 0.3) is 22.2 Å². The van der Waals surface area contributed by atoms with E-state index in [0.29, 0.717) is 16.9 Å². The molecule has 0 bridgehead atoms. The fourth-order valence-corrected chi connectivity index (χ4v) is 2.97. The van der Waals surface area contributed by atoms with Gasteiger partial charge in [0.25, 0.3) is 5.91 Å². The standard InChI is InChI=1S/C22H17N3O2/c26-14-15-5-3-7-17(11-15)24-22(27)19-12-21(16-6-4-10-23-13-16)25-20-9-2-1-8-18(19)20/h1-13,26H,14H2,(H,24,27). The lowest BCUT2D eigenvalue weighted by Crippen LogP contribution is -2.13. The van der Waals surface area contributed by atoms with Crippen LogP contribution in [0.15, 0.2) is 79.1 Å². The Morgan fingerprint density at radius 1 is 1.00 bits per heavy atom. The lowest BCUT2D eigenvalue weighted by atomic mass is 10.0. The first-order chi connectivity index (χ1) is 13.2. The molecule has 2 N–H and O–H groups in total. The van der Waals surface area contributed by atoms with Gasteiger partial charge in [0.1, 0.15) is 0 Å². The third kappa shape index (κ3) is 3.54. The molecule has 27 heavy (non-hydrogen) atoms. The van der Waals surface area contributed by atoms with E-state index < -0.39 is 0 Å². The van der Waals surface area contributed by atoms with Gasteiger partial charge in [-0.05, 0) is 42.0 Å². The van der Waals surface area contributed by atoms with Gasteiger partial charge in [-0.2, -0.15) is 0 Å². The predicted octanol–water partition coefficient (Wildman–Crippen LogP) is 4.04. The molecule has 2 heterocycles. The van der Waals surface area contributed by atoms with Crippen LogP contribution in [0.3, 0.4) is 0 Å². The molecular formula is C22H17N3O2. The Morgan fingerprint density at radius 2 is 1.89 bits per heavy atom. The van der Waals surface area contributed by atoms with E-state index >= 15 is 0 Å². The fraction of sp³-hybridized carbons (Fsp3) is 0.0455. The number of pyridine rings is 2. The minimum Gasteiger partial charge on any atom is -0.392 e. The van der Waals surface area contributed by atoms with Crippen molar-refractivity contribution in [3.05, 3.63) is 90.3 Å². The normalized spacial score (nSPS) is 10.7. The highest BCUT2D eigenvalue weighted by Crippen LogP contribution is 2.25. The van der Waals surface area contributed by atoms with Gasteiger partial charge in [0, 0.05) is 29.0 Å². The number of benzene rings is 2. The van der Waals surface area contributed by atoms with Crippen molar-refractivity contribution in [1.82, 2.24) is 9.97 Å². The lowest BCUT2D eigenvalue weighted by Gasteiger charge is -2.11. The number of carbonyl (C=O) groups excluding carboxylic acids is 1. The maximum absolute atomic E-state index is 13.0. The monoisotopic (exact) mass is 355 g/mol. The molecule has 0 fully saturated rings. The first kappa shape index (κ1) is 16.9. The molecule has 5 nitrogen and oxygen atoms in total. The maximum Gasteiger partial charge on any atom is 0.256 e. The van der Waals surface area contributed by atoms with Gasteiger partial charge in [0.15, 0.2) is 0 Å². The number of rotatable bonds is 4. The zero-order valence-electron chi connectivity index (χ0n) is 14.5. The van der Waals surface area contributed by atoms with Crippen LogP contribution in [0.2, 0.25) is 0 Å². The summed E-state index contributed by atoms with van der Waals surface area (Å²) in [4.78, 5) is 21.8. The number of aliphatic hydroxyl groups is 1. The zero-order valence-corrected chi connectivity index (χ0v) is 14.5. The van der Waals surface area contributed by atoms with Gasteiger partial charge < -0.3 is 10.4 Å². The second-order valence-corrected chi connectivity index (χ2v) is 6.13. The largest absolute Gasteiger partial charge is 0.392 e. The van der Waals surface area contributed by atoms with Gasteiger partial charge >= 0.3 is 0 Å². The van der Waals surface area contributed by atoms with Crippen LogP contribution in [0.4, 0.5) is 5.69 Å². The zero-order chi connectivity index (χ0) is 18.6. The van der Waals surface area contributed by atoms with Crippen molar-refractivity contribution in [2.24, 2.45) is 0 Å². The van der Waals surface area contributed by atoms with Crippen LogP contribution in [-0.2, 0) is 6.61 Å². The summed E-state index contributed by atoms with van der Waals surface area (Å²) in [6, 6.07) is 20.2. The Bertz CT molecular complexity index is 1110. The summed E-state index contributed by atoms with van der Waals surface area (Å²) in [5, 5.41) is 13.0. The molecule has 132 valence electrons. The molecule has 0 saturated heterocycles. The van der Waals surface area contributed by atoms with Crippen LogP contribution < -0.4 is 5.32 Å². The minimum atomic E-state index is -0.228. The van der Waals surface area contributed by atoms with Crippen LogP contribution >= 0.6 is 0 Å². The molecule has 0 saturated carbocycles. The van der Waals surface area contributed by atoms with E-state index in [9.17, 15) is 9.90 Å². The molecule has 0 aliphatic rings. The maximum atomic E-state index is 13.0. The van der Waals surface area contributed by atoms with Crippen molar-refractivity contribution in [2.45, 2.75) is 6.61 Å². The van der Waals surface area contributed by atoms with E-state index in [0.717, 1.165) is 22.0 Å². The van der Waals surface area contributed by atoms with Crippen LogP contribution in [0.5, 0.6) is 0 Å². The molecule has 0 atom stereocenters. The van der Waals surface area contributed by atoms with Gasteiger partial charge in [-0.15, -0.1) is 0 Å². The third-order valence-electron chi connectivity index (χ3n) is 4.29. The molecule has 1 amide bonds. The van der Waals surface area contributed by atoms with E-state index in [1.54, 1.807) is 42.7 Å². The van der Waals surface area contributed by atoms with Crippen molar-refractivity contribution in [3.8, 4) is 11.3 Å². The second-order valence-electron chi connectivity index (χ2n) is 6.13. The highest BCUT2D eigenvalue weighted by molar-refractivity contribution is 6.13. The van der Waals surface area contributed by atoms with Crippen LogP contribution in [0, 0.1) is 0 Å². The van der Waals surface area contributed by atoms with Gasteiger partial charge in [-0.25, -0.2) is 4.98 Å². The predicted molar refractivity (Wildman–Crippen MR) is 105 cm³/mol. The molecule has 4 aromatic rings. The van der Waals surface area contributed by atoms with E-state index in [2.05, 4.69) is 15.3 Å². The average molecular weight is 355 g/mol. The summed E-state index contributed by atoms with van der Waals surface area (Å²) < 4.78 is 0.